The van der Waals surface area contributed by atoms with Gasteiger partial charge in [0.05, 0.1) is 11.3 Å². The normalized spacial score (nSPS) is 12.1. The first-order valence-electron chi connectivity index (χ1n) is 6.54. The maximum Gasteiger partial charge on any atom is 0.250 e. The van der Waals surface area contributed by atoms with E-state index in [0.717, 1.165) is 0 Å². The number of pyridine rings is 1. The van der Waals surface area contributed by atoms with Crippen LogP contribution >= 0.6 is 0 Å². The van der Waals surface area contributed by atoms with Crippen molar-refractivity contribution in [1.29, 1.82) is 0 Å². The largest absolute Gasteiger partial charge is 0.471 e. The van der Waals surface area contributed by atoms with Gasteiger partial charge >= 0.3 is 0 Å². The minimum Gasteiger partial charge on any atom is -0.471 e. The number of rotatable bonds is 5. The predicted octanol–water partition coefficient (Wildman–Crippen LogP) is 2.53. The molecular weight excluding hydrogens is 289 g/mol. The quantitative estimate of drug-likeness (QED) is 0.715. The van der Waals surface area contributed by atoms with Crippen molar-refractivity contribution in [1.82, 2.24) is 25.1 Å². The van der Waals surface area contributed by atoms with E-state index >= 15 is 0 Å². The molecule has 8 heteroatoms. The number of nitrogens with zero attached hydrogens (tertiary/aromatic N) is 5. The van der Waals surface area contributed by atoms with Crippen LogP contribution < -0.4 is 4.74 Å². The van der Waals surface area contributed by atoms with E-state index < -0.39 is 6.17 Å². The van der Waals surface area contributed by atoms with Crippen molar-refractivity contribution in [3.05, 3.63) is 48.5 Å². The van der Waals surface area contributed by atoms with Gasteiger partial charge in [0.15, 0.2) is 6.17 Å². The van der Waals surface area contributed by atoms with E-state index in [2.05, 4.69) is 25.1 Å². The van der Waals surface area contributed by atoms with E-state index in [1.165, 1.54) is 13.3 Å². The Bertz CT molecular complexity index is 731. The Balaban J connectivity index is 1.67. The monoisotopic (exact) mass is 301 g/mol. The van der Waals surface area contributed by atoms with Gasteiger partial charge in [0, 0.05) is 18.5 Å². The first-order chi connectivity index (χ1) is 10.7. The zero-order valence-corrected chi connectivity index (χ0v) is 11.7. The molecule has 0 amide bonds. The Hall–Kier alpha value is -2.90. The molecule has 3 heterocycles. The highest BCUT2D eigenvalue weighted by Crippen LogP contribution is 2.21. The molecule has 0 saturated heterocycles. The summed E-state index contributed by atoms with van der Waals surface area (Å²) in [5.74, 6) is 0.654. The average Bonchev–Trinajstić information content (AvgIpc) is 3.05. The summed E-state index contributed by atoms with van der Waals surface area (Å²) in [5.41, 5.74) is 1.33. The summed E-state index contributed by atoms with van der Waals surface area (Å²) in [6.45, 7) is 1.61. The minimum atomic E-state index is -1.30. The fraction of sp³-hybridized carbons (Fsp3) is 0.214. The van der Waals surface area contributed by atoms with E-state index in [1.54, 1.807) is 30.6 Å². The van der Waals surface area contributed by atoms with Gasteiger partial charge in [0.2, 0.25) is 11.8 Å². The van der Waals surface area contributed by atoms with E-state index in [1.807, 2.05) is 0 Å². The SMILES string of the molecule is CC(F)c1nnc(-c2ccc(COc3ccncn3)nc2)o1. The lowest BCUT2D eigenvalue weighted by Gasteiger charge is -2.04. The van der Waals surface area contributed by atoms with Crippen LogP contribution in [0.4, 0.5) is 4.39 Å². The van der Waals surface area contributed by atoms with Crippen LogP contribution in [-0.4, -0.2) is 25.1 Å². The summed E-state index contributed by atoms with van der Waals surface area (Å²) in [7, 11) is 0. The highest BCUT2D eigenvalue weighted by molar-refractivity contribution is 5.50. The van der Waals surface area contributed by atoms with Gasteiger partial charge in [-0.25, -0.2) is 14.4 Å². The molecule has 7 nitrogen and oxygen atoms in total. The first-order valence-corrected chi connectivity index (χ1v) is 6.54. The molecule has 0 N–H and O–H groups in total. The number of halogens is 1. The molecule has 0 aliphatic rings. The third-order valence-corrected chi connectivity index (χ3v) is 2.78. The third kappa shape index (κ3) is 3.22. The van der Waals surface area contributed by atoms with Gasteiger partial charge in [-0.05, 0) is 19.1 Å². The Kier molecular flexibility index (Phi) is 3.99. The van der Waals surface area contributed by atoms with Crippen LogP contribution in [0.25, 0.3) is 11.5 Å². The van der Waals surface area contributed by atoms with Crippen molar-refractivity contribution in [3.63, 3.8) is 0 Å². The molecule has 0 fully saturated rings. The van der Waals surface area contributed by atoms with Crippen LogP contribution in [-0.2, 0) is 6.61 Å². The molecule has 0 radical (unpaired) electrons. The number of aromatic nitrogens is 5. The second kappa shape index (κ2) is 6.25. The molecule has 0 aliphatic heterocycles. The predicted molar refractivity (Wildman–Crippen MR) is 73.4 cm³/mol. The highest BCUT2D eigenvalue weighted by atomic mass is 19.1. The van der Waals surface area contributed by atoms with Gasteiger partial charge in [0.25, 0.3) is 5.89 Å². The van der Waals surface area contributed by atoms with E-state index in [4.69, 9.17) is 9.15 Å². The maximum atomic E-state index is 13.0. The Morgan fingerprint density at radius 2 is 2.14 bits per heavy atom. The summed E-state index contributed by atoms with van der Waals surface area (Å²) in [6.07, 6.45) is 3.27. The molecule has 0 aliphatic carbocycles. The number of hydrogen-bond acceptors (Lipinski definition) is 7. The lowest BCUT2D eigenvalue weighted by molar-refractivity contribution is 0.288. The molecule has 0 aromatic carbocycles. The standard InChI is InChI=1S/C14H12FN5O2/c1-9(15)13-19-20-14(22-13)10-2-3-11(17-6-10)7-21-12-4-5-16-8-18-12/h2-6,8-9H,7H2,1H3. The molecule has 22 heavy (non-hydrogen) atoms. The Morgan fingerprint density at radius 1 is 1.23 bits per heavy atom. The molecule has 0 spiro atoms. The molecule has 0 bridgehead atoms. The van der Waals surface area contributed by atoms with E-state index in [-0.39, 0.29) is 18.4 Å². The summed E-state index contributed by atoms with van der Waals surface area (Å²) in [5, 5.41) is 7.42. The summed E-state index contributed by atoms with van der Waals surface area (Å²) < 4.78 is 23.7. The lowest BCUT2D eigenvalue weighted by Crippen LogP contribution is -1.99. The van der Waals surface area contributed by atoms with Gasteiger partial charge in [-0.1, -0.05) is 0 Å². The molecule has 3 aromatic heterocycles. The molecule has 0 saturated carbocycles. The summed E-state index contributed by atoms with van der Waals surface area (Å²) >= 11 is 0. The minimum absolute atomic E-state index is 0.0498. The highest BCUT2D eigenvalue weighted by Gasteiger charge is 2.14. The van der Waals surface area contributed by atoms with Gasteiger partial charge in [-0.2, -0.15) is 0 Å². The van der Waals surface area contributed by atoms with Gasteiger partial charge in [0.1, 0.15) is 12.9 Å². The van der Waals surface area contributed by atoms with Crippen molar-refractivity contribution >= 4 is 0 Å². The number of ether oxygens (including phenoxy) is 1. The molecule has 1 unspecified atom stereocenters. The maximum absolute atomic E-state index is 13.0. The molecule has 3 aromatic rings. The number of alkyl halides is 1. The molecule has 3 rings (SSSR count). The molecule has 1 atom stereocenters. The van der Waals surface area contributed by atoms with E-state index in [0.29, 0.717) is 17.1 Å². The van der Waals surface area contributed by atoms with Gasteiger partial charge in [-0.3, -0.25) is 4.98 Å². The van der Waals surface area contributed by atoms with Gasteiger partial charge in [-0.15, -0.1) is 10.2 Å². The number of hydrogen-bond donors (Lipinski definition) is 0. The van der Waals surface area contributed by atoms with E-state index in [9.17, 15) is 4.39 Å². The topological polar surface area (TPSA) is 86.8 Å². The first kappa shape index (κ1) is 14.1. The fourth-order valence-electron chi connectivity index (χ4n) is 1.66. The van der Waals surface area contributed by atoms with Crippen LogP contribution in [0.1, 0.15) is 24.7 Å². The van der Waals surface area contributed by atoms with Crippen molar-refractivity contribution in [2.45, 2.75) is 19.7 Å². The molecular formula is C14H12FN5O2. The zero-order chi connectivity index (χ0) is 15.4. The molecule has 112 valence electrons. The van der Waals surface area contributed by atoms with Crippen molar-refractivity contribution in [3.8, 4) is 17.3 Å². The van der Waals surface area contributed by atoms with Crippen LogP contribution in [0.2, 0.25) is 0 Å². The van der Waals surface area contributed by atoms with Crippen LogP contribution in [0.3, 0.4) is 0 Å². The summed E-state index contributed by atoms with van der Waals surface area (Å²) in [4.78, 5) is 12.0. The average molecular weight is 301 g/mol. The second-order valence-electron chi connectivity index (χ2n) is 4.44. The van der Waals surface area contributed by atoms with Crippen LogP contribution in [0.15, 0.2) is 41.3 Å². The third-order valence-electron chi connectivity index (χ3n) is 2.78. The lowest BCUT2D eigenvalue weighted by atomic mass is 10.2. The van der Waals surface area contributed by atoms with Crippen LogP contribution in [0.5, 0.6) is 5.88 Å². The van der Waals surface area contributed by atoms with Crippen molar-refractivity contribution < 1.29 is 13.5 Å². The smallest absolute Gasteiger partial charge is 0.250 e. The zero-order valence-electron chi connectivity index (χ0n) is 11.7. The fourth-order valence-corrected chi connectivity index (χ4v) is 1.66. The van der Waals surface area contributed by atoms with Crippen LogP contribution in [0, 0.1) is 0 Å². The second-order valence-corrected chi connectivity index (χ2v) is 4.44. The van der Waals surface area contributed by atoms with Gasteiger partial charge < -0.3 is 9.15 Å². The Morgan fingerprint density at radius 3 is 2.77 bits per heavy atom. The Labute approximate surface area is 125 Å². The summed E-state index contributed by atoms with van der Waals surface area (Å²) in [6, 6.07) is 5.18. The van der Waals surface area contributed by atoms with Crippen molar-refractivity contribution in [2.24, 2.45) is 0 Å². The van der Waals surface area contributed by atoms with Crippen molar-refractivity contribution in [2.75, 3.05) is 0 Å².